The Hall–Kier alpha value is -7.95. The molecule has 2 saturated heterocycles. The van der Waals surface area contributed by atoms with Crippen molar-refractivity contribution in [1.29, 1.82) is 0 Å². The number of anilines is 4. The number of nitrogens with one attached hydrogen (secondary N) is 3. The van der Waals surface area contributed by atoms with Crippen LogP contribution in [0.4, 0.5) is 26.3 Å². The maximum Gasteiger partial charge on any atom is 0.355 e. The van der Waals surface area contributed by atoms with Gasteiger partial charge in [0.2, 0.25) is 23.6 Å². The van der Waals surface area contributed by atoms with Crippen molar-refractivity contribution in [2.75, 3.05) is 62.6 Å². The van der Waals surface area contributed by atoms with E-state index in [-0.39, 0.29) is 61.2 Å². The number of aliphatic hydroxyl groups excluding tert-OH is 1. The second kappa shape index (κ2) is 30.0. The van der Waals surface area contributed by atoms with E-state index in [2.05, 4.69) is 57.8 Å². The maximum atomic E-state index is 15.3. The number of fused-ring (bicyclic) bond motifs is 2. The number of rotatable bonds is 24. The molecule has 3 aromatic carbocycles. The highest BCUT2D eigenvalue weighted by Gasteiger charge is 2.45. The summed E-state index contributed by atoms with van der Waals surface area (Å²) in [6.45, 7) is 15.3. The van der Waals surface area contributed by atoms with Crippen molar-refractivity contribution in [2.24, 2.45) is 5.41 Å². The Morgan fingerprint density at radius 1 is 0.879 bits per heavy atom. The number of ether oxygens (including phenoxy) is 1. The van der Waals surface area contributed by atoms with Crippen LogP contribution in [0.2, 0.25) is 0 Å². The molecule has 0 saturated carbocycles. The van der Waals surface area contributed by atoms with E-state index < -0.39 is 41.3 Å². The minimum Gasteiger partial charge on any atom is -0.491 e. The summed E-state index contributed by atoms with van der Waals surface area (Å²) in [5.41, 5.74) is 7.42. The molecule has 91 heavy (non-hydrogen) atoms. The number of carboxylic acid groups (broad SMARTS) is 1. The number of benzene rings is 3. The van der Waals surface area contributed by atoms with Crippen LogP contribution >= 0.6 is 34.0 Å². The highest BCUT2D eigenvalue weighted by atomic mass is 32.1. The highest BCUT2D eigenvalue weighted by molar-refractivity contribution is 7.22. The SMILES string of the molecule is Cc1ncsc1-c1ccc([C@H](C)NC(=O)[C@@H]2C[C@@H](O)CN2C(=O)[C@@H](NC(=O)CCCCCCCC(=O)N2CCN(CC#Cc3ccc(OCCCc4sc(N5CCCc6c5nnc(Nc5nc7ccccc7s5)c6C)nc4C(=O)O)c(F)c3)CC2)C(C)(C)C)cc1. The number of carbonyl (C=O) groups is 5. The number of aromatic carboxylic acids is 1. The van der Waals surface area contributed by atoms with E-state index in [1.807, 2.05) is 105 Å². The van der Waals surface area contributed by atoms with Gasteiger partial charge in [0.15, 0.2) is 39.2 Å². The molecule has 3 aliphatic heterocycles. The Labute approximate surface area is 542 Å². The zero-order chi connectivity index (χ0) is 64.3. The molecule has 7 heterocycles. The number of halogens is 1. The average molecular weight is 1300 g/mol. The molecule has 4 aromatic heterocycles. The molecular formula is C67H79FN12O8S3. The van der Waals surface area contributed by atoms with E-state index in [0.717, 1.165) is 86.7 Å². The Morgan fingerprint density at radius 2 is 1.64 bits per heavy atom. The first-order chi connectivity index (χ1) is 43.8. The van der Waals surface area contributed by atoms with Gasteiger partial charge in [0, 0.05) is 80.1 Å². The van der Waals surface area contributed by atoms with Crippen LogP contribution in [0.5, 0.6) is 5.75 Å². The highest BCUT2D eigenvalue weighted by Crippen LogP contribution is 2.40. The maximum absolute atomic E-state index is 15.3. The number of unbranched alkanes of at least 4 members (excludes halogenated alkanes) is 4. The van der Waals surface area contributed by atoms with Gasteiger partial charge in [-0.25, -0.2) is 24.1 Å². The van der Waals surface area contributed by atoms with Gasteiger partial charge < -0.3 is 45.6 Å². The fourth-order valence-electron chi connectivity index (χ4n) is 11.7. The molecule has 0 radical (unpaired) electrons. The Morgan fingerprint density at radius 3 is 2.36 bits per heavy atom. The van der Waals surface area contributed by atoms with Gasteiger partial charge in [-0.15, -0.1) is 32.9 Å². The number of aliphatic hydroxyl groups is 1. The number of amides is 4. The summed E-state index contributed by atoms with van der Waals surface area (Å²) >= 11 is 4.42. The number of hydrogen-bond acceptors (Lipinski definition) is 18. The lowest BCUT2D eigenvalue weighted by Crippen LogP contribution is -2.57. The number of carboxylic acids is 1. The fraction of sp³-hybridized carbons (Fsp3) is 0.463. The number of thiazole rings is 3. The van der Waals surface area contributed by atoms with Crippen molar-refractivity contribution in [2.45, 2.75) is 143 Å². The predicted molar refractivity (Wildman–Crippen MR) is 353 cm³/mol. The Bertz CT molecular complexity index is 3780. The van der Waals surface area contributed by atoms with Crippen LogP contribution in [-0.2, 0) is 32.0 Å². The predicted octanol–water partition coefficient (Wildman–Crippen LogP) is 10.6. The number of nitrogens with zero attached hydrogens (tertiary/aromatic N) is 9. The largest absolute Gasteiger partial charge is 0.491 e. The van der Waals surface area contributed by atoms with Crippen LogP contribution in [0.15, 0.2) is 72.2 Å². The average Bonchev–Trinajstić information content (AvgIpc) is 1.87. The van der Waals surface area contributed by atoms with E-state index in [1.165, 1.54) is 22.3 Å². The summed E-state index contributed by atoms with van der Waals surface area (Å²) in [6, 6.07) is 18.3. The van der Waals surface area contributed by atoms with Gasteiger partial charge in [0.25, 0.3) is 0 Å². The second-order valence-corrected chi connectivity index (χ2v) is 27.6. The summed E-state index contributed by atoms with van der Waals surface area (Å²) < 4.78 is 22.2. The third-order valence-corrected chi connectivity index (χ3v) is 19.9. The summed E-state index contributed by atoms with van der Waals surface area (Å²) in [6.07, 6.45) is 6.20. The fourth-order valence-corrected chi connectivity index (χ4v) is 14.5. The number of piperazine rings is 1. The number of β-amino-alcohol motifs (C(OH)–C–C–N with tert-alkyl or cyclic N) is 1. The topological polar surface area (TPSA) is 249 Å². The molecule has 0 unspecified atom stereocenters. The number of likely N-dealkylation sites (tertiary alicyclic amines) is 1. The van der Waals surface area contributed by atoms with Gasteiger partial charge in [-0.1, -0.05) is 99.6 Å². The van der Waals surface area contributed by atoms with Crippen LogP contribution in [0, 0.1) is 36.9 Å². The molecule has 20 nitrogen and oxygen atoms in total. The molecule has 7 aromatic rings. The molecule has 480 valence electrons. The number of aromatic nitrogens is 5. The molecule has 10 rings (SSSR count). The zero-order valence-electron chi connectivity index (χ0n) is 52.4. The molecule has 2 fully saturated rings. The van der Waals surface area contributed by atoms with E-state index >= 15 is 4.39 Å². The van der Waals surface area contributed by atoms with E-state index in [4.69, 9.17) is 4.74 Å². The third kappa shape index (κ3) is 16.6. The van der Waals surface area contributed by atoms with Crippen molar-refractivity contribution in [3.63, 3.8) is 0 Å². The van der Waals surface area contributed by atoms with Gasteiger partial charge in [0.1, 0.15) is 12.1 Å². The van der Waals surface area contributed by atoms with Crippen molar-refractivity contribution in [3.05, 3.63) is 117 Å². The van der Waals surface area contributed by atoms with Gasteiger partial charge >= 0.3 is 5.97 Å². The van der Waals surface area contributed by atoms with Crippen molar-refractivity contribution >= 4 is 95.7 Å². The Balaban J connectivity index is 0.596. The van der Waals surface area contributed by atoms with Crippen LogP contribution in [0.25, 0.3) is 20.7 Å². The lowest BCUT2D eigenvalue weighted by atomic mass is 9.85. The first-order valence-corrected chi connectivity index (χ1v) is 33.8. The lowest BCUT2D eigenvalue weighted by Gasteiger charge is -2.35. The van der Waals surface area contributed by atoms with Gasteiger partial charge in [-0.2, -0.15) is 0 Å². The van der Waals surface area contributed by atoms with Crippen molar-refractivity contribution < 1.29 is 43.3 Å². The minimum absolute atomic E-state index is 0.00339. The first kappa shape index (κ1) is 66.0. The minimum atomic E-state index is -1.12. The van der Waals surface area contributed by atoms with E-state index in [0.29, 0.717) is 92.2 Å². The van der Waals surface area contributed by atoms with Gasteiger partial charge in [-0.05, 0) is 106 Å². The smallest absolute Gasteiger partial charge is 0.355 e. The van der Waals surface area contributed by atoms with Crippen LogP contribution < -0.4 is 25.6 Å². The molecule has 0 spiro atoms. The second-order valence-electron chi connectivity index (χ2n) is 24.6. The van der Waals surface area contributed by atoms with Crippen LogP contribution in [0.1, 0.15) is 141 Å². The summed E-state index contributed by atoms with van der Waals surface area (Å²) in [7, 11) is 0. The van der Waals surface area contributed by atoms with E-state index in [1.54, 1.807) is 34.8 Å². The van der Waals surface area contributed by atoms with Gasteiger partial charge in [-0.3, -0.25) is 24.1 Å². The summed E-state index contributed by atoms with van der Waals surface area (Å²) in [5.74, 6) is 5.01. The molecule has 0 aliphatic carbocycles. The van der Waals surface area contributed by atoms with Gasteiger partial charge in [0.05, 0.1) is 51.6 Å². The lowest BCUT2D eigenvalue weighted by molar-refractivity contribution is -0.144. The third-order valence-electron chi connectivity index (χ3n) is 16.9. The number of carbonyl (C=O) groups excluding carboxylic acids is 4. The monoisotopic (exact) mass is 1290 g/mol. The summed E-state index contributed by atoms with van der Waals surface area (Å²) in [4.78, 5) is 89.4. The standard InChI is InChI=1S/C67H79FN12O8S3/c1-41-48-18-15-31-79(61(48)76-75-60(41)74-65-71-50-19-12-13-20-53(50)90-65)66-73-57(64(86)87)54(91-66)21-16-36-88-52-29-24-44(37-49(52)68)17-14-30-77-32-34-78(35-33-77)56(83)23-11-9-7-8-10-22-55(82)72-59(67(4,5)6)63(85)80-39-47(81)38-51(80)62(84)70-42(2)45-25-27-46(28-26-45)58-43(3)69-40-89-58/h12-13,19-20,24-29,37,40,42,47,51,59,81H,7-11,15-16,18,21-23,30-36,38-39H2,1-6H3,(H,70,84)(H,72,82)(H,86,87)(H,71,74,75)/t42-,47+,51-,59+/m0/s1. The molecule has 4 amide bonds. The van der Waals surface area contributed by atoms with Crippen molar-refractivity contribution in [1.82, 2.24) is 50.5 Å². The number of aryl methyl sites for hydroxylation is 2. The molecule has 24 heteroatoms. The van der Waals surface area contributed by atoms with Crippen LogP contribution in [0.3, 0.4) is 0 Å². The Kier molecular flexibility index (Phi) is 21.7. The molecular weight excluding hydrogens is 1220 g/mol. The first-order valence-electron chi connectivity index (χ1n) is 31.3. The summed E-state index contributed by atoms with van der Waals surface area (Å²) in [5, 5.41) is 40.5. The van der Waals surface area contributed by atoms with Crippen LogP contribution in [-0.4, -0.2) is 150 Å². The van der Waals surface area contributed by atoms with Crippen molar-refractivity contribution in [3.8, 4) is 28.0 Å². The molecule has 3 aliphatic rings. The molecule has 4 atom stereocenters. The molecule has 5 N–H and O–H groups in total. The zero-order valence-corrected chi connectivity index (χ0v) is 54.8. The number of hydrogen-bond donors (Lipinski definition) is 5. The molecule has 0 bridgehead atoms. The van der Waals surface area contributed by atoms with E-state index in [9.17, 15) is 34.2 Å². The quantitative estimate of drug-likeness (QED) is 0.0279. The number of para-hydroxylation sites is 1. The normalized spacial score (nSPS) is 16.6.